The fourth-order valence-electron chi connectivity index (χ4n) is 3.07. The Balaban J connectivity index is 2.74. The van der Waals surface area contributed by atoms with Crippen molar-refractivity contribution in [2.24, 2.45) is 0 Å². The highest BCUT2D eigenvalue weighted by Crippen LogP contribution is 2.32. The summed E-state index contributed by atoms with van der Waals surface area (Å²) >= 11 is 0. The van der Waals surface area contributed by atoms with Gasteiger partial charge in [-0.3, -0.25) is 4.79 Å². The third kappa shape index (κ3) is 5.23. The topological polar surface area (TPSA) is 75.7 Å². The van der Waals surface area contributed by atoms with Crippen LogP contribution < -0.4 is 5.32 Å². The van der Waals surface area contributed by atoms with Gasteiger partial charge in [-0.25, -0.2) is 8.42 Å². The van der Waals surface area contributed by atoms with Gasteiger partial charge in [0.05, 0.1) is 12.9 Å². The summed E-state index contributed by atoms with van der Waals surface area (Å²) < 4.78 is 27.6. The lowest BCUT2D eigenvalue weighted by molar-refractivity contribution is -0.151. The van der Waals surface area contributed by atoms with Gasteiger partial charge in [0.2, 0.25) is 0 Å². The van der Waals surface area contributed by atoms with E-state index in [0.717, 1.165) is 19.3 Å². The van der Waals surface area contributed by atoms with Gasteiger partial charge in [0, 0.05) is 18.8 Å². The molecule has 1 aliphatic carbocycles. The zero-order valence-electron chi connectivity index (χ0n) is 13.5. The maximum absolute atomic E-state index is 12.2. The van der Waals surface area contributed by atoms with Crippen LogP contribution in [0.4, 0.5) is 0 Å². The number of nitrogens with one attached hydrogen (secondary N) is 1. The molecule has 1 rings (SSSR count). The van der Waals surface area contributed by atoms with E-state index in [0.29, 0.717) is 19.5 Å². The summed E-state index contributed by atoms with van der Waals surface area (Å²) in [4.78, 5) is 14.2. The molecule has 124 valence electrons. The van der Waals surface area contributed by atoms with E-state index in [1.807, 2.05) is 14.0 Å². The maximum atomic E-state index is 12.2. The lowest BCUT2D eigenvalue weighted by atomic mass is 9.78. The third-order valence-corrected chi connectivity index (χ3v) is 5.18. The van der Waals surface area contributed by atoms with Crippen molar-refractivity contribution >= 4 is 15.8 Å². The number of ether oxygens (including phenoxy) is 1. The van der Waals surface area contributed by atoms with Crippen molar-refractivity contribution in [3.8, 4) is 0 Å². The van der Waals surface area contributed by atoms with Crippen LogP contribution in [0.2, 0.25) is 0 Å². The number of esters is 1. The zero-order chi connectivity index (χ0) is 16.1. The Hall–Kier alpha value is -0.660. The van der Waals surface area contributed by atoms with Crippen molar-refractivity contribution in [2.75, 3.05) is 39.3 Å². The third-order valence-electron chi connectivity index (χ3n) is 4.25. The molecule has 0 amide bonds. The number of carbonyl (C=O) groups excluding carboxylic acids is 1. The van der Waals surface area contributed by atoms with Crippen LogP contribution in [0, 0.1) is 0 Å². The second-order valence-electron chi connectivity index (χ2n) is 5.96. The lowest BCUT2D eigenvalue weighted by Gasteiger charge is -2.42. The molecule has 0 spiro atoms. The second kappa shape index (κ2) is 7.56. The van der Waals surface area contributed by atoms with Crippen LogP contribution in [-0.4, -0.2) is 70.1 Å². The molecule has 1 N–H and O–H groups in total. The summed E-state index contributed by atoms with van der Waals surface area (Å²) in [6, 6.07) is 0.193. The molecule has 7 heteroatoms. The number of hydrogen-bond acceptors (Lipinski definition) is 6. The highest BCUT2D eigenvalue weighted by atomic mass is 32.2. The fourth-order valence-corrected chi connectivity index (χ4v) is 3.69. The number of methoxy groups -OCH3 is 1. The molecule has 1 aliphatic rings. The van der Waals surface area contributed by atoms with E-state index in [1.54, 1.807) is 0 Å². The van der Waals surface area contributed by atoms with Gasteiger partial charge in [-0.2, -0.15) is 0 Å². The van der Waals surface area contributed by atoms with Crippen molar-refractivity contribution in [3.05, 3.63) is 0 Å². The minimum Gasteiger partial charge on any atom is -0.468 e. The summed E-state index contributed by atoms with van der Waals surface area (Å²) in [6.07, 6.45) is 4.58. The summed E-state index contributed by atoms with van der Waals surface area (Å²) in [6.45, 7) is 3.17. The molecule has 0 radical (unpaired) electrons. The second-order valence-corrected chi connectivity index (χ2v) is 8.22. The van der Waals surface area contributed by atoms with Gasteiger partial charge in [-0.05, 0) is 39.3 Å². The SMILES string of the molecule is CCNC1(C(=O)OC)CCCC(N(C)CCS(C)(=O)=O)C1. The molecule has 0 bridgehead atoms. The predicted molar refractivity (Wildman–Crippen MR) is 83.0 cm³/mol. The van der Waals surface area contributed by atoms with Crippen LogP contribution in [0.15, 0.2) is 0 Å². The highest BCUT2D eigenvalue weighted by molar-refractivity contribution is 7.90. The molecule has 0 aliphatic heterocycles. The molecule has 0 aromatic heterocycles. The minimum atomic E-state index is -2.97. The zero-order valence-corrected chi connectivity index (χ0v) is 14.3. The van der Waals surface area contributed by atoms with E-state index in [4.69, 9.17) is 4.74 Å². The average Bonchev–Trinajstić information content (AvgIpc) is 2.43. The molecule has 1 saturated carbocycles. The van der Waals surface area contributed by atoms with Crippen LogP contribution >= 0.6 is 0 Å². The van der Waals surface area contributed by atoms with E-state index in [2.05, 4.69) is 10.2 Å². The minimum absolute atomic E-state index is 0.145. The molecule has 1 fully saturated rings. The van der Waals surface area contributed by atoms with Crippen molar-refractivity contribution < 1.29 is 17.9 Å². The van der Waals surface area contributed by atoms with Gasteiger partial charge in [-0.15, -0.1) is 0 Å². The Kier molecular flexibility index (Phi) is 6.62. The monoisotopic (exact) mass is 320 g/mol. The van der Waals surface area contributed by atoms with Crippen LogP contribution in [0.5, 0.6) is 0 Å². The van der Waals surface area contributed by atoms with E-state index < -0.39 is 15.4 Å². The largest absolute Gasteiger partial charge is 0.468 e. The first kappa shape index (κ1) is 18.4. The fraction of sp³-hybridized carbons (Fsp3) is 0.929. The highest BCUT2D eigenvalue weighted by Gasteiger charge is 2.44. The molecule has 6 nitrogen and oxygen atoms in total. The van der Waals surface area contributed by atoms with Gasteiger partial charge in [0.1, 0.15) is 15.4 Å². The van der Waals surface area contributed by atoms with Crippen LogP contribution in [0.3, 0.4) is 0 Å². The van der Waals surface area contributed by atoms with E-state index >= 15 is 0 Å². The van der Waals surface area contributed by atoms with Crippen LogP contribution in [0.25, 0.3) is 0 Å². The number of likely N-dealkylation sites (N-methyl/N-ethyl adjacent to an activating group) is 1. The Morgan fingerprint density at radius 1 is 1.48 bits per heavy atom. The first-order chi connectivity index (χ1) is 9.74. The molecular formula is C14H28N2O4S. The first-order valence-corrected chi connectivity index (χ1v) is 9.51. The lowest BCUT2D eigenvalue weighted by Crippen LogP contribution is -2.58. The quantitative estimate of drug-likeness (QED) is 0.686. The number of nitrogens with zero attached hydrogens (tertiary/aromatic N) is 1. The van der Waals surface area contributed by atoms with E-state index in [-0.39, 0.29) is 17.8 Å². The summed E-state index contributed by atoms with van der Waals surface area (Å²) in [5.74, 6) is -0.0718. The first-order valence-electron chi connectivity index (χ1n) is 7.45. The van der Waals surface area contributed by atoms with Crippen LogP contribution in [-0.2, 0) is 19.4 Å². The number of carbonyl (C=O) groups is 1. The number of sulfone groups is 1. The summed E-state index contributed by atoms with van der Waals surface area (Å²) in [5.41, 5.74) is -0.633. The Bertz CT molecular complexity index is 448. The number of rotatable bonds is 7. The van der Waals surface area contributed by atoms with Gasteiger partial charge < -0.3 is 15.0 Å². The van der Waals surface area contributed by atoms with Crippen molar-refractivity contribution in [3.63, 3.8) is 0 Å². The smallest absolute Gasteiger partial charge is 0.326 e. The number of hydrogen-bond donors (Lipinski definition) is 1. The molecule has 2 unspecified atom stereocenters. The van der Waals surface area contributed by atoms with E-state index in [9.17, 15) is 13.2 Å². The Morgan fingerprint density at radius 2 is 2.14 bits per heavy atom. The van der Waals surface area contributed by atoms with Crippen molar-refractivity contribution in [1.82, 2.24) is 10.2 Å². The Labute approximate surface area is 128 Å². The average molecular weight is 320 g/mol. The summed E-state index contributed by atoms with van der Waals surface area (Å²) in [5, 5.41) is 3.29. The van der Waals surface area contributed by atoms with Crippen molar-refractivity contribution in [2.45, 2.75) is 44.2 Å². The van der Waals surface area contributed by atoms with Gasteiger partial charge >= 0.3 is 5.97 Å². The summed E-state index contributed by atoms with van der Waals surface area (Å²) in [7, 11) is 0.374. The predicted octanol–water partition coefficient (Wildman–Crippen LogP) is 0.427. The van der Waals surface area contributed by atoms with Gasteiger partial charge in [0.15, 0.2) is 0 Å². The molecule has 0 saturated heterocycles. The molecular weight excluding hydrogens is 292 g/mol. The van der Waals surface area contributed by atoms with Gasteiger partial charge in [0.25, 0.3) is 0 Å². The van der Waals surface area contributed by atoms with Gasteiger partial charge in [-0.1, -0.05) is 6.92 Å². The molecule has 0 heterocycles. The van der Waals surface area contributed by atoms with E-state index in [1.165, 1.54) is 13.4 Å². The van der Waals surface area contributed by atoms with Crippen LogP contribution in [0.1, 0.15) is 32.6 Å². The standard InChI is InChI=1S/C14H28N2O4S/c1-5-15-14(13(17)20-3)8-6-7-12(11-14)16(2)9-10-21(4,18)19/h12,15H,5-11H2,1-4H3. The molecule has 21 heavy (non-hydrogen) atoms. The Morgan fingerprint density at radius 3 is 2.67 bits per heavy atom. The molecule has 2 atom stereocenters. The maximum Gasteiger partial charge on any atom is 0.326 e. The normalized spacial score (nSPS) is 26.8. The molecule has 0 aromatic carbocycles. The van der Waals surface area contributed by atoms with Crippen molar-refractivity contribution in [1.29, 1.82) is 0 Å². The molecule has 0 aromatic rings.